The minimum Gasteiger partial charge on any atom is -0.481 e. The van der Waals surface area contributed by atoms with E-state index in [0.29, 0.717) is 13.2 Å². The Labute approximate surface area is 112 Å². The summed E-state index contributed by atoms with van der Waals surface area (Å²) in [4.78, 5) is 34.9. The number of rotatable bonds is 8. The van der Waals surface area contributed by atoms with Crippen molar-refractivity contribution in [1.29, 1.82) is 0 Å². The molecule has 0 heterocycles. The second-order valence-electron chi connectivity index (χ2n) is 4.06. The highest BCUT2D eigenvalue weighted by Gasteiger charge is 2.19. The van der Waals surface area contributed by atoms with E-state index in [1.165, 1.54) is 11.8 Å². The number of aliphatic carboxylic acids is 1. The zero-order valence-electron chi connectivity index (χ0n) is 11.6. The Morgan fingerprint density at radius 1 is 1.32 bits per heavy atom. The van der Waals surface area contributed by atoms with Crippen LogP contribution in [0, 0.1) is 5.92 Å². The van der Waals surface area contributed by atoms with Gasteiger partial charge in [0.05, 0.1) is 18.9 Å². The maximum absolute atomic E-state index is 11.7. The van der Waals surface area contributed by atoms with E-state index < -0.39 is 11.9 Å². The lowest BCUT2D eigenvalue weighted by molar-refractivity contribution is -0.143. The third-order valence-corrected chi connectivity index (χ3v) is 2.50. The maximum atomic E-state index is 11.7. The molecule has 1 atom stereocenters. The van der Waals surface area contributed by atoms with E-state index in [2.05, 4.69) is 5.32 Å². The van der Waals surface area contributed by atoms with Crippen molar-refractivity contribution in [2.45, 2.75) is 27.2 Å². The first-order valence-corrected chi connectivity index (χ1v) is 6.33. The molecule has 0 radical (unpaired) electrons. The maximum Gasteiger partial charge on any atom is 0.317 e. The van der Waals surface area contributed by atoms with E-state index in [4.69, 9.17) is 9.84 Å². The van der Waals surface area contributed by atoms with Gasteiger partial charge in [-0.15, -0.1) is 0 Å². The minimum absolute atomic E-state index is 0.103. The van der Waals surface area contributed by atoms with Gasteiger partial charge in [-0.3, -0.25) is 9.59 Å². The molecule has 0 aromatic carbocycles. The van der Waals surface area contributed by atoms with Gasteiger partial charge in [-0.05, 0) is 13.8 Å². The third kappa shape index (κ3) is 7.28. The van der Waals surface area contributed by atoms with E-state index in [1.807, 2.05) is 0 Å². The molecule has 110 valence electrons. The van der Waals surface area contributed by atoms with Crippen LogP contribution >= 0.6 is 0 Å². The molecule has 0 aromatic heterocycles. The highest BCUT2D eigenvalue weighted by molar-refractivity contribution is 5.76. The van der Waals surface area contributed by atoms with Gasteiger partial charge in [-0.2, -0.15) is 0 Å². The highest BCUT2D eigenvalue weighted by Crippen LogP contribution is 2.00. The predicted octanol–water partition coefficient (Wildman–Crippen LogP) is 0.692. The second kappa shape index (κ2) is 9.18. The lowest BCUT2D eigenvalue weighted by Crippen LogP contribution is -2.43. The molecule has 2 amide bonds. The van der Waals surface area contributed by atoms with Gasteiger partial charge in [0.1, 0.15) is 0 Å². The topological polar surface area (TPSA) is 95.9 Å². The minimum atomic E-state index is -0.947. The molecule has 7 heteroatoms. The Morgan fingerprint density at radius 3 is 2.42 bits per heavy atom. The molecule has 0 bridgehead atoms. The SMILES string of the molecule is CCOC(=O)CCNC(=O)N(CC)CC(C)C(=O)O. The molecule has 0 aliphatic carbocycles. The summed E-state index contributed by atoms with van der Waals surface area (Å²) in [6.45, 7) is 6.04. The van der Waals surface area contributed by atoms with Gasteiger partial charge in [0.2, 0.25) is 0 Å². The Balaban J connectivity index is 4.08. The molecule has 0 aromatic rings. The number of nitrogens with one attached hydrogen (secondary N) is 1. The number of carbonyl (C=O) groups is 3. The van der Waals surface area contributed by atoms with E-state index in [1.54, 1.807) is 13.8 Å². The van der Waals surface area contributed by atoms with E-state index in [0.717, 1.165) is 0 Å². The fourth-order valence-electron chi connectivity index (χ4n) is 1.38. The second-order valence-corrected chi connectivity index (χ2v) is 4.06. The van der Waals surface area contributed by atoms with Crippen molar-refractivity contribution in [2.24, 2.45) is 5.92 Å². The Hall–Kier alpha value is -1.79. The number of amides is 2. The number of carboxylic acids is 1. The monoisotopic (exact) mass is 274 g/mol. The van der Waals surface area contributed by atoms with Crippen LogP contribution in [0.3, 0.4) is 0 Å². The van der Waals surface area contributed by atoms with Gasteiger partial charge in [0.15, 0.2) is 0 Å². The van der Waals surface area contributed by atoms with Gasteiger partial charge in [0.25, 0.3) is 0 Å². The summed E-state index contributed by atoms with van der Waals surface area (Å²) in [5.74, 6) is -1.95. The summed E-state index contributed by atoms with van der Waals surface area (Å²) >= 11 is 0. The number of urea groups is 1. The fraction of sp³-hybridized carbons (Fsp3) is 0.750. The molecule has 7 nitrogen and oxygen atoms in total. The summed E-state index contributed by atoms with van der Waals surface area (Å²) in [5.41, 5.74) is 0. The Kier molecular flexibility index (Phi) is 8.32. The Bertz CT molecular complexity index is 319. The lowest BCUT2D eigenvalue weighted by atomic mass is 10.2. The van der Waals surface area contributed by atoms with Crippen LogP contribution in [0.1, 0.15) is 27.2 Å². The van der Waals surface area contributed by atoms with Crippen molar-refractivity contribution in [3.63, 3.8) is 0 Å². The number of hydrogen-bond acceptors (Lipinski definition) is 4. The summed E-state index contributed by atoms with van der Waals surface area (Å²) in [7, 11) is 0. The first kappa shape index (κ1) is 17.2. The molecule has 1 unspecified atom stereocenters. The van der Waals surface area contributed by atoms with Crippen LogP contribution in [0.15, 0.2) is 0 Å². The van der Waals surface area contributed by atoms with Crippen LogP contribution in [-0.4, -0.2) is 54.2 Å². The average Bonchev–Trinajstić information content (AvgIpc) is 2.35. The van der Waals surface area contributed by atoms with Crippen molar-refractivity contribution < 1.29 is 24.2 Å². The van der Waals surface area contributed by atoms with Crippen LogP contribution in [0.2, 0.25) is 0 Å². The molecule has 0 fully saturated rings. The molecule has 0 saturated carbocycles. The fourth-order valence-corrected chi connectivity index (χ4v) is 1.38. The molecule has 2 N–H and O–H groups in total. The number of esters is 1. The van der Waals surface area contributed by atoms with Gasteiger partial charge < -0.3 is 20.1 Å². The van der Waals surface area contributed by atoms with Crippen LogP contribution in [0.5, 0.6) is 0 Å². The van der Waals surface area contributed by atoms with Gasteiger partial charge in [0, 0.05) is 19.6 Å². The van der Waals surface area contributed by atoms with Crippen LogP contribution in [-0.2, 0) is 14.3 Å². The highest BCUT2D eigenvalue weighted by atomic mass is 16.5. The van der Waals surface area contributed by atoms with Crippen LogP contribution in [0.4, 0.5) is 4.79 Å². The van der Waals surface area contributed by atoms with Crippen molar-refractivity contribution in [3.8, 4) is 0 Å². The smallest absolute Gasteiger partial charge is 0.317 e. The number of carboxylic acid groups (broad SMARTS) is 1. The number of carbonyl (C=O) groups excluding carboxylic acids is 2. The predicted molar refractivity (Wildman–Crippen MR) is 68.7 cm³/mol. The molecule has 19 heavy (non-hydrogen) atoms. The molecule has 0 rings (SSSR count). The molecule has 0 aliphatic heterocycles. The normalized spacial score (nSPS) is 11.5. The van der Waals surface area contributed by atoms with Crippen LogP contribution < -0.4 is 5.32 Å². The summed E-state index contributed by atoms with van der Waals surface area (Å²) in [6, 6.07) is -0.375. The summed E-state index contributed by atoms with van der Waals surface area (Å²) in [5, 5.41) is 11.4. The average molecular weight is 274 g/mol. The molecular formula is C12H22N2O5. The zero-order chi connectivity index (χ0) is 14.8. The zero-order valence-corrected chi connectivity index (χ0v) is 11.6. The molecular weight excluding hydrogens is 252 g/mol. The number of hydrogen-bond donors (Lipinski definition) is 2. The van der Waals surface area contributed by atoms with Crippen molar-refractivity contribution in [1.82, 2.24) is 10.2 Å². The van der Waals surface area contributed by atoms with Gasteiger partial charge in [-0.1, -0.05) is 6.92 Å². The van der Waals surface area contributed by atoms with Gasteiger partial charge >= 0.3 is 18.0 Å². The summed E-state index contributed by atoms with van der Waals surface area (Å²) in [6.07, 6.45) is 0.103. The molecule has 0 saturated heterocycles. The van der Waals surface area contributed by atoms with E-state index >= 15 is 0 Å². The van der Waals surface area contributed by atoms with Crippen molar-refractivity contribution in [3.05, 3.63) is 0 Å². The molecule has 0 aliphatic rings. The Morgan fingerprint density at radius 2 is 1.95 bits per heavy atom. The first-order chi connectivity index (χ1) is 8.92. The largest absolute Gasteiger partial charge is 0.481 e. The van der Waals surface area contributed by atoms with E-state index in [9.17, 15) is 14.4 Å². The number of ether oxygens (including phenoxy) is 1. The standard InChI is InChI=1S/C12H22N2O5/c1-4-14(8-9(3)11(16)17)12(18)13-7-6-10(15)19-5-2/h9H,4-8H2,1-3H3,(H,13,18)(H,16,17). The van der Waals surface area contributed by atoms with Crippen molar-refractivity contribution >= 4 is 18.0 Å². The molecule has 0 spiro atoms. The van der Waals surface area contributed by atoms with Crippen molar-refractivity contribution in [2.75, 3.05) is 26.2 Å². The lowest BCUT2D eigenvalue weighted by Gasteiger charge is -2.23. The van der Waals surface area contributed by atoms with E-state index in [-0.39, 0.29) is 31.5 Å². The number of nitrogens with zero attached hydrogens (tertiary/aromatic N) is 1. The first-order valence-electron chi connectivity index (χ1n) is 6.33. The summed E-state index contributed by atoms with van der Waals surface area (Å²) < 4.78 is 4.72. The quantitative estimate of drug-likeness (QED) is 0.635. The van der Waals surface area contributed by atoms with Gasteiger partial charge in [-0.25, -0.2) is 4.79 Å². The van der Waals surface area contributed by atoms with Crippen LogP contribution in [0.25, 0.3) is 0 Å². The third-order valence-electron chi connectivity index (χ3n) is 2.50.